The van der Waals surface area contributed by atoms with Gasteiger partial charge in [0.25, 0.3) is 0 Å². The van der Waals surface area contributed by atoms with E-state index in [2.05, 4.69) is 5.32 Å². The predicted octanol–water partition coefficient (Wildman–Crippen LogP) is 2.29. The average molecular weight is 417 g/mol. The van der Waals surface area contributed by atoms with Crippen LogP contribution in [0, 0.1) is 0 Å². The van der Waals surface area contributed by atoms with Gasteiger partial charge in [0, 0.05) is 23.1 Å². The van der Waals surface area contributed by atoms with E-state index < -0.39 is 15.9 Å². The number of hydrogen-bond acceptors (Lipinski definition) is 4. The summed E-state index contributed by atoms with van der Waals surface area (Å²) in [4.78, 5) is 12.1. The van der Waals surface area contributed by atoms with Gasteiger partial charge in [0.1, 0.15) is 0 Å². The van der Waals surface area contributed by atoms with Crippen LogP contribution in [0.4, 0.5) is 0 Å². The molecule has 2 rings (SSSR count). The fraction of sp³-hybridized carbons (Fsp3) is 0.235. The number of rotatable bonds is 8. The van der Waals surface area contributed by atoms with Gasteiger partial charge in [0.15, 0.2) is 0 Å². The molecule has 0 saturated carbocycles. The topological polar surface area (TPSA) is 86.7 Å². The molecule has 9 heteroatoms. The van der Waals surface area contributed by atoms with Gasteiger partial charge in [0.2, 0.25) is 15.9 Å². The summed E-state index contributed by atoms with van der Waals surface area (Å²) in [5.41, 5.74) is 0.682. The number of aliphatic hydroxyl groups excluding tert-OH is 1. The molecule has 26 heavy (non-hydrogen) atoms. The van der Waals surface area contributed by atoms with E-state index >= 15 is 0 Å². The number of aliphatic hydroxyl groups is 1. The minimum atomic E-state index is -3.93. The van der Waals surface area contributed by atoms with Crippen LogP contribution in [-0.2, 0) is 21.4 Å². The zero-order valence-corrected chi connectivity index (χ0v) is 16.1. The first kappa shape index (κ1) is 20.7. The van der Waals surface area contributed by atoms with Crippen LogP contribution in [0.2, 0.25) is 10.0 Å². The molecule has 2 aromatic rings. The van der Waals surface area contributed by atoms with E-state index in [1.54, 1.807) is 24.3 Å². The molecule has 0 spiro atoms. The van der Waals surface area contributed by atoms with Crippen LogP contribution in [0.1, 0.15) is 5.56 Å². The second-order valence-electron chi connectivity index (χ2n) is 5.43. The highest BCUT2D eigenvalue weighted by atomic mass is 35.5. The van der Waals surface area contributed by atoms with E-state index in [4.69, 9.17) is 28.3 Å². The van der Waals surface area contributed by atoms with Crippen molar-refractivity contribution >= 4 is 39.1 Å². The lowest BCUT2D eigenvalue weighted by Gasteiger charge is -2.22. The number of sulfonamides is 1. The lowest BCUT2D eigenvalue weighted by molar-refractivity contribution is -0.121. The van der Waals surface area contributed by atoms with Crippen molar-refractivity contribution in [1.82, 2.24) is 9.62 Å². The van der Waals surface area contributed by atoms with E-state index in [0.717, 1.165) is 4.31 Å². The molecule has 0 aliphatic heterocycles. The van der Waals surface area contributed by atoms with Crippen LogP contribution in [0.5, 0.6) is 0 Å². The third-order valence-corrected chi connectivity index (χ3v) is 5.79. The number of halogens is 2. The van der Waals surface area contributed by atoms with Crippen molar-refractivity contribution < 1.29 is 18.3 Å². The standard InChI is InChI=1S/C17H18Cl2N2O4S/c18-14-3-1-13(2-4-14)11-21(12-17(23)20-9-10-22)26(24,25)16-7-5-15(19)6-8-16/h1-8,22H,9-12H2,(H,20,23). The molecule has 0 aromatic heterocycles. The smallest absolute Gasteiger partial charge is 0.243 e. The average Bonchev–Trinajstić information content (AvgIpc) is 2.61. The SMILES string of the molecule is O=C(CN(Cc1ccc(Cl)cc1)S(=O)(=O)c1ccc(Cl)cc1)NCCO. The molecule has 0 aliphatic carbocycles. The molecule has 0 fully saturated rings. The monoisotopic (exact) mass is 416 g/mol. The van der Waals surface area contributed by atoms with Crippen LogP contribution in [-0.4, -0.2) is 43.4 Å². The molecular weight excluding hydrogens is 399 g/mol. The van der Waals surface area contributed by atoms with Crippen molar-refractivity contribution in [2.45, 2.75) is 11.4 Å². The maximum atomic E-state index is 13.0. The summed E-state index contributed by atoms with van der Waals surface area (Å²) >= 11 is 11.7. The molecule has 0 bridgehead atoms. The fourth-order valence-corrected chi connectivity index (χ4v) is 3.82. The Bertz CT molecular complexity index is 840. The molecule has 6 nitrogen and oxygen atoms in total. The van der Waals surface area contributed by atoms with Crippen molar-refractivity contribution in [3.8, 4) is 0 Å². The first-order valence-electron chi connectivity index (χ1n) is 7.70. The molecule has 0 saturated heterocycles. The van der Waals surface area contributed by atoms with Crippen molar-refractivity contribution in [3.63, 3.8) is 0 Å². The Morgan fingerprint density at radius 3 is 2.08 bits per heavy atom. The van der Waals surface area contributed by atoms with E-state index in [9.17, 15) is 13.2 Å². The van der Waals surface area contributed by atoms with Crippen molar-refractivity contribution in [3.05, 3.63) is 64.1 Å². The highest BCUT2D eigenvalue weighted by Gasteiger charge is 2.26. The number of amides is 1. The second-order valence-corrected chi connectivity index (χ2v) is 8.24. The number of carbonyl (C=O) groups is 1. The van der Waals surface area contributed by atoms with E-state index in [1.807, 2.05) is 0 Å². The van der Waals surface area contributed by atoms with Gasteiger partial charge < -0.3 is 10.4 Å². The van der Waals surface area contributed by atoms with E-state index in [-0.39, 0.29) is 31.1 Å². The lowest BCUT2D eigenvalue weighted by Crippen LogP contribution is -2.41. The molecule has 140 valence electrons. The van der Waals surface area contributed by atoms with Crippen molar-refractivity contribution in [1.29, 1.82) is 0 Å². The number of nitrogens with one attached hydrogen (secondary N) is 1. The summed E-state index contributed by atoms with van der Waals surface area (Å²) < 4.78 is 27.0. The van der Waals surface area contributed by atoms with E-state index in [1.165, 1.54) is 24.3 Å². The van der Waals surface area contributed by atoms with Gasteiger partial charge in [0.05, 0.1) is 18.0 Å². The zero-order chi connectivity index (χ0) is 19.2. The van der Waals surface area contributed by atoms with Gasteiger partial charge in [-0.1, -0.05) is 35.3 Å². The molecule has 0 atom stereocenters. The molecule has 0 heterocycles. The summed E-state index contributed by atoms with van der Waals surface area (Å²) in [6.07, 6.45) is 0. The summed E-state index contributed by atoms with van der Waals surface area (Å²) in [6.45, 7) is -0.566. The summed E-state index contributed by atoms with van der Waals surface area (Å²) in [5.74, 6) is -0.509. The summed E-state index contributed by atoms with van der Waals surface area (Å²) in [7, 11) is -3.93. The first-order valence-corrected chi connectivity index (χ1v) is 9.90. The highest BCUT2D eigenvalue weighted by molar-refractivity contribution is 7.89. The third kappa shape index (κ3) is 5.69. The van der Waals surface area contributed by atoms with Crippen molar-refractivity contribution in [2.75, 3.05) is 19.7 Å². The fourth-order valence-electron chi connectivity index (χ4n) is 2.19. The number of benzene rings is 2. The van der Waals surface area contributed by atoms with Gasteiger partial charge in [-0.2, -0.15) is 4.31 Å². The third-order valence-electron chi connectivity index (χ3n) is 3.48. The van der Waals surface area contributed by atoms with Gasteiger partial charge in [-0.3, -0.25) is 4.79 Å². The predicted molar refractivity (Wildman–Crippen MR) is 101 cm³/mol. The molecule has 0 unspecified atom stereocenters. The number of hydrogen-bond donors (Lipinski definition) is 2. The van der Waals surface area contributed by atoms with Gasteiger partial charge >= 0.3 is 0 Å². The Hall–Kier alpha value is -1.64. The minimum Gasteiger partial charge on any atom is -0.395 e. The normalized spacial score (nSPS) is 11.5. The summed E-state index contributed by atoms with van der Waals surface area (Å²) in [5, 5.41) is 12.2. The quantitative estimate of drug-likeness (QED) is 0.690. The van der Waals surface area contributed by atoms with Crippen LogP contribution >= 0.6 is 23.2 Å². The van der Waals surface area contributed by atoms with Gasteiger partial charge in [-0.15, -0.1) is 0 Å². The van der Waals surface area contributed by atoms with Gasteiger partial charge in [-0.25, -0.2) is 8.42 Å². The molecule has 2 aromatic carbocycles. The Labute approximate surface area is 162 Å². The Kier molecular flexibility index (Phi) is 7.43. The summed E-state index contributed by atoms with van der Waals surface area (Å²) in [6, 6.07) is 12.4. The lowest BCUT2D eigenvalue weighted by atomic mass is 10.2. The van der Waals surface area contributed by atoms with Crippen molar-refractivity contribution in [2.24, 2.45) is 0 Å². The zero-order valence-electron chi connectivity index (χ0n) is 13.7. The Morgan fingerprint density at radius 2 is 1.54 bits per heavy atom. The molecule has 1 amide bonds. The molecule has 0 aliphatic rings. The van der Waals surface area contributed by atoms with E-state index in [0.29, 0.717) is 15.6 Å². The molecular formula is C17H18Cl2N2O4S. The largest absolute Gasteiger partial charge is 0.395 e. The van der Waals surface area contributed by atoms with Crippen LogP contribution in [0.15, 0.2) is 53.4 Å². The Morgan fingerprint density at radius 1 is 1.00 bits per heavy atom. The van der Waals surface area contributed by atoms with Crippen LogP contribution in [0.3, 0.4) is 0 Å². The van der Waals surface area contributed by atoms with Crippen LogP contribution in [0.25, 0.3) is 0 Å². The van der Waals surface area contributed by atoms with Gasteiger partial charge in [-0.05, 0) is 42.0 Å². The Balaban J connectivity index is 2.30. The highest BCUT2D eigenvalue weighted by Crippen LogP contribution is 2.21. The minimum absolute atomic E-state index is 0.00528. The maximum absolute atomic E-state index is 13.0. The molecule has 2 N–H and O–H groups in total. The van der Waals surface area contributed by atoms with Crippen LogP contribution < -0.4 is 5.32 Å². The number of carbonyl (C=O) groups excluding carboxylic acids is 1. The molecule has 0 radical (unpaired) electrons. The first-order chi connectivity index (χ1) is 12.3. The maximum Gasteiger partial charge on any atom is 0.243 e. The second kappa shape index (κ2) is 9.34. The number of nitrogens with zero attached hydrogens (tertiary/aromatic N) is 1.